The molecule has 96 valence electrons. The van der Waals surface area contributed by atoms with Crippen molar-refractivity contribution in [1.29, 1.82) is 0 Å². The number of allylic oxidation sites excluding steroid dienone is 1. The Hall–Kier alpha value is -2.35. The second-order valence-electron chi connectivity index (χ2n) is 4.24. The molecule has 2 rings (SSSR count). The Kier molecular flexibility index (Phi) is 4.51. The van der Waals surface area contributed by atoms with Gasteiger partial charge in [0.2, 0.25) is 0 Å². The highest BCUT2D eigenvalue weighted by molar-refractivity contribution is 5.66. The first-order valence-corrected chi connectivity index (χ1v) is 6.21. The van der Waals surface area contributed by atoms with Gasteiger partial charge in [-0.2, -0.15) is 0 Å². The van der Waals surface area contributed by atoms with E-state index in [0.29, 0.717) is 0 Å². The van der Waals surface area contributed by atoms with Gasteiger partial charge in [-0.15, -0.1) is 0 Å². The predicted molar refractivity (Wildman–Crippen MR) is 75.6 cm³/mol. The second kappa shape index (κ2) is 6.55. The van der Waals surface area contributed by atoms with E-state index in [1.54, 1.807) is 0 Å². The molecule has 2 aromatic rings. The minimum absolute atomic E-state index is 0.0850. The van der Waals surface area contributed by atoms with Gasteiger partial charge in [0.05, 0.1) is 6.26 Å². The zero-order valence-electron chi connectivity index (χ0n) is 10.8. The van der Waals surface area contributed by atoms with E-state index < -0.39 is 0 Å². The van der Waals surface area contributed by atoms with Crippen LogP contribution in [-0.4, -0.2) is 5.97 Å². The zero-order valence-corrected chi connectivity index (χ0v) is 10.8. The van der Waals surface area contributed by atoms with E-state index in [1.165, 1.54) is 13.2 Å². The van der Waals surface area contributed by atoms with Crippen LogP contribution in [0.2, 0.25) is 0 Å². The molecule has 0 unspecified atom stereocenters. The molecule has 0 aliphatic heterocycles. The number of ether oxygens (including phenoxy) is 1. The van der Waals surface area contributed by atoms with Crippen molar-refractivity contribution in [2.45, 2.75) is 12.8 Å². The third-order valence-corrected chi connectivity index (χ3v) is 2.82. The van der Waals surface area contributed by atoms with E-state index in [9.17, 15) is 4.79 Å². The van der Waals surface area contributed by atoms with Gasteiger partial charge < -0.3 is 4.74 Å². The van der Waals surface area contributed by atoms with Gasteiger partial charge >= 0.3 is 5.97 Å². The maximum atomic E-state index is 10.8. The number of hydrogen-bond acceptors (Lipinski definition) is 2. The van der Waals surface area contributed by atoms with E-state index in [1.807, 2.05) is 42.5 Å². The third-order valence-electron chi connectivity index (χ3n) is 2.82. The van der Waals surface area contributed by atoms with Crippen molar-refractivity contribution in [3.63, 3.8) is 0 Å². The summed E-state index contributed by atoms with van der Waals surface area (Å²) in [4.78, 5) is 10.8. The summed E-state index contributed by atoms with van der Waals surface area (Å²) < 4.78 is 4.90. The van der Waals surface area contributed by atoms with Crippen LogP contribution in [0.15, 0.2) is 73.0 Å². The molecule has 0 spiro atoms. The van der Waals surface area contributed by atoms with Crippen LogP contribution in [0.5, 0.6) is 0 Å². The summed E-state index contributed by atoms with van der Waals surface area (Å²) in [5.41, 5.74) is 2.33. The Labute approximate surface area is 113 Å². The summed E-state index contributed by atoms with van der Waals surface area (Å²) >= 11 is 0. The Balaban J connectivity index is 2.29. The average Bonchev–Trinajstić information content (AvgIpc) is 2.45. The summed E-state index contributed by atoms with van der Waals surface area (Å²) in [5, 5.41) is 0. The number of benzene rings is 2. The summed E-state index contributed by atoms with van der Waals surface area (Å²) in [5.74, 6) is -0.224. The molecule has 0 bridgehead atoms. The Morgan fingerprint density at radius 1 is 0.947 bits per heavy atom. The van der Waals surface area contributed by atoms with E-state index in [0.717, 1.165) is 11.1 Å². The molecule has 0 N–H and O–H groups in total. The van der Waals surface area contributed by atoms with Crippen molar-refractivity contribution < 1.29 is 9.53 Å². The lowest BCUT2D eigenvalue weighted by Gasteiger charge is -2.13. The fourth-order valence-electron chi connectivity index (χ4n) is 1.95. The highest BCUT2D eigenvalue weighted by Crippen LogP contribution is 2.25. The van der Waals surface area contributed by atoms with Crippen LogP contribution in [0.1, 0.15) is 24.0 Å². The smallest absolute Gasteiger partial charge is 0.307 e. The van der Waals surface area contributed by atoms with Crippen LogP contribution in [0, 0.1) is 0 Å². The molecular weight excluding hydrogens is 236 g/mol. The van der Waals surface area contributed by atoms with E-state index >= 15 is 0 Å². The number of carbonyl (C=O) groups excluding carboxylic acids is 1. The molecule has 0 aliphatic carbocycles. The van der Waals surface area contributed by atoms with Gasteiger partial charge in [0.15, 0.2) is 0 Å². The van der Waals surface area contributed by atoms with Crippen molar-refractivity contribution in [2.75, 3.05) is 0 Å². The van der Waals surface area contributed by atoms with Crippen molar-refractivity contribution in [2.24, 2.45) is 0 Å². The first-order chi connectivity index (χ1) is 9.27. The van der Waals surface area contributed by atoms with Crippen molar-refractivity contribution in [3.8, 4) is 0 Å². The molecule has 0 atom stereocenters. The molecule has 2 aromatic carbocycles. The average molecular weight is 252 g/mol. The summed E-state index contributed by atoms with van der Waals surface area (Å²) in [6.45, 7) is 1.39. The predicted octanol–water partition coefficient (Wildman–Crippen LogP) is 3.90. The van der Waals surface area contributed by atoms with Crippen molar-refractivity contribution in [3.05, 3.63) is 84.1 Å². The molecule has 0 saturated heterocycles. The van der Waals surface area contributed by atoms with Gasteiger partial charge in [-0.05, 0) is 17.2 Å². The number of esters is 1. The molecular formula is C17H16O2. The highest BCUT2D eigenvalue weighted by Gasteiger charge is 2.10. The van der Waals surface area contributed by atoms with Crippen LogP contribution >= 0.6 is 0 Å². The van der Waals surface area contributed by atoms with E-state index in [2.05, 4.69) is 24.3 Å². The lowest BCUT2D eigenvalue weighted by molar-refractivity contribution is -0.135. The third kappa shape index (κ3) is 3.81. The van der Waals surface area contributed by atoms with Crippen LogP contribution in [0.4, 0.5) is 0 Å². The Bertz CT molecular complexity index is 504. The molecule has 2 nitrogen and oxygen atoms in total. The molecule has 0 amide bonds. The van der Waals surface area contributed by atoms with Gasteiger partial charge in [0.25, 0.3) is 0 Å². The molecule has 2 heteroatoms. The lowest BCUT2D eigenvalue weighted by Crippen LogP contribution is -1.98. The summed E-state index contributed by atoms with van der Waals surface area (Å²) in [7, 11) is 0. The van der Waals surface area contributed by atoms with Gasteiger partial charge in [-0.3, -0.25) is 4.79 Å². The summed E-state index contributed by atoms with van der Waals surface area (Å²) in [6.07, 6.45) is 3.36. The number of hydrogen-bond donors (Lipinski definition) is 0. The van der Waals surface area contributed by atoms with Crippen molar-refractivity contribution in [1.82, 2.24) is 0 Å². The normalized spacial score (nSPS) is 10.8. The van der Waals surface area contributed by atoms with Crippen molar-refractivity contribution >= 4 is 5.97 Å². The Morgan fingerprint density at radius 3 is 1.84 bits per heavy atom. The molecule has 0 saturated carbocycles. The monoisotopic (exact) mass is 252 g/mol. The fourth-order valence-corrected chi connectivity index (χ4v) is 1.95. The lowest BCUT2D eigenvalue weighted by atomic mass is 9.91. The maximum absolute atomic E-state index is 10.8. The van der Waals surface area contributed by atoms with Gasteiger partial charge in [-0.1, -0.05) is 60.7 Å². The van der Waals surface area contributed by atoms with Crippen LogP contribution in [0.3, 0.4) is 0 Å². The van der Waals surface area contributed by atoms with E-state index in [-0.39, 0.29) is 11.9 Å². The first-order valence-electron chi connectivity index (χ1n) is 6.21. The molecule has 0 aliphatic rings. The zero-order chi connectivity index (χ0) is 13.5. The highest BCUT2D eigenvalue weighted by atomic mass is 16.5. The quantitative estimate of drug-likeness (QED) is 0.609. The minimum Gasteiger partial charge on any atom is -0.435 e. The number of carbonyl (C=O) groups is 1. The van der Waals surface area contributed by atoms with Gasteiger partial charge in [0.1, 0.15) is 0 Å². The summed E-state index contributed by atoms with van der Waals surface area (Å²) in [6, 6.07) is 20.3. The van der Waals surface area contributed by atoms with E-state index in [4.69, 9.17) is 4.74 Å². The maximum Gasteiger partial charge on any atom is 0.307 e. The van der Waals surface area contributed by atoms with Gasteiger partial charge in [0, 0.05) is 12.8 Å². The van der Waals surface area contributed by atoms with Crippen LogP contribution in [0.25, 0.3) is 0 Å². The fraction of sp³-hybridized carbons (Fsp3) is 0.118. The van der Waals surface area contributed by atoms with Crippen LogP contribution in [-0.2, 0) is 9.53 Å². The molecule has 0 fully saturated rings. The standard InChI is InChI=1S/C17H16O2/c1-14(18)19-13-12-17(15-8-4-2-5-9-15)16-10-6-3-7-11-16/h2-13,17H,1H3. The molecule has 0 aromatic heterocycles. The van der Waals surface area contributed by atoms with Gasteiger partial charge in [-0.25, -0.2) is 0 Å². The second-order valence-corrected chi connectivity index (χ2v) is 4.24. The largest absolute Gasteiger partial charge is 0.435 e. The minimum atomic E-state index is -0.309. The van der Waals surface area contributed by atoms with Crippen LogP contribution < -0.4 is 0 Å². The molecule has 0 heterocycles. The topological polar surface area (TPSA) is 26.3 Å². The number of rotatable bonds is 4. The first kappa shape index (κ1) is 13.1. The SMILES string of the molecule is CC(=O)OC=CC(c1ccccc1)c1ccccc1. The Morgan fingerprint density at radius 2 is 1.42 bits per heavy atom. The molecule has 0 radical (unpaired) electrons. The molecule has 19 heavy (non-hydrogen) atoms.